The third-order valence-electron chi connectivity index (χ3n) is 2.93. The molecule has 0 saturated carbocycles. The monoisotopic (exact) mass is 342 g/mol. The van der Waals surface area contributed by atoms with Gasteiger partial charge in [-0.2, -0.15) is 12.7 Å². The molecule has 1 atom stereocenters. The molecule has 0 spiro atoms. The zero-order chi connectivity index (χ0) is 13.4. The van der Waals surface area contributed by atoms with Crippen molar-refractivity contribution in [2.24, 2.45) is 5.92 Å². The van der Waals surface area contributed by atoms with Gasteiger partial charge in [-0.05, 0) is 25.2 Å². The molecule has 1 unspecified atom stereocenters. The molecule has 108 valence electrons. The van der Waals surface area contributed by atoms with Crippen LogP contribution in [0, 0.1) is 5.92 Å². The summed E-state index contributed by atoms with van der Waals surface area (Å²) in [5.74, 6) is 0.456. The molecule has 0 bridgehead atoms. The Hall–Kier alpha value is 0.310. The number of ether oxygens (including phenoxy) is 1. The van der Waals surface area contributed by atoms with Gasteiger partial charge in [0.05, 0.1) is 6.61 Å². The van der Waals surface area contributed by atoms with Gasteiger partial charge in [0.2, 0.25) is 0 Å². The molecule has 1 fully saturated rings. The van der Waals surface area contributed by atoms with Gasteiger partial charge in [-0.3, -0.25) is 0 Å². The lowest BCUT2D eigenvalue weighted by molar-refractivity contribution is 0.149. The standard InChI is InChI=1S/C11H23BrN2O3S/c1-11-4-2-7-14(10-11)18(15,16)13-6-3-8-17-9-5-12/h11,13H,2-10H2,1H3. The largest absolute Gasteiger partial charge is 0.381 e. The summed E-state index contributed by atoms with van der Waals surface area (Å²) in [4.78, 5) is 0. The minimum absolute atomic E-state index is 0.440. The van der Waals surface area contributed by atoms with Crippen LogP contribution >= 0.6 is 15.9 Å². The summed E-state index contributed by atoms with van der Waals surface area (Å²) in [6.45, 7) is 5.06. The second-order valence-electron chi connectivity index (χ2n) is 4.66. The van der Waals surface area contributed by atoms with Crippen molar-refractivity contribution >= 4 is 26.1 Å². The Balaban J connectivity index is 2.22. The first-order valence-corrected chi connectivity index (χ1v) is 9.01. The van der Waals surface area contributed by atoms with Crippen molar-refractivity contribution in [1.29, 1.82) is 0 Å². The molecule has 0 aromatic rings. The van der Waals surface area contributed by atoms with Crippen LogP contribution in [0.2, 0.25) is 0 Å². The number of alkyl halides is 1. The molecule has 1 N–H and O–H groups in total. The molecule has 18 heavy (non-hydrogen) atoms. The minimum Gasteiger partial charge on any atom is -0.381 e. The lowest BCUT2D eigenvalue weighted by Crippen LogP contribution is -2.45. The second-order valence-corrected chi connectivity index (χ2v) is 7.21. The second kappa shape index (κ2) is 8.47. The average Bonchev–Trinajstić information content (AvgIpc) is 2.33. The van der Waals surface area contributed by atoms with Crippen LogP contribution in [-0.2, 0) is 14.9 Å². The van der Waals surface area contributed by atoms with Crippen molar-refractivity contribution < 1.29 is 13.2 Å². The van der Waals surface area contributed by atoms with E-state index in [-0.39, 0.29) is 0 Å². The third kappa shape index (κ3) is 5.97. The topological polar surface area (TPSA) is 58.6 Å². The van der Waals surface area contributed by atoms with Crippen molar-refractivity contribution in [1.82, 2.24) is 9.03 Å². The fraction of sp³-hybridized carbons (Fsp3) is 1.00. The van der Waals surface area contributed by atoms with Gasteiger partial charge in [0.1, 0.15) is 0 Å². The lowest BCUT2D eigenvalue weighted by atomic mass is 10.0. The summed E-state index contributed by atoms with van der Waals surface area (Å²) in [7, 11) is -3.29. The third-order valence-corrected chi connectivity index (χ3v) is 4.84. The number of piperidine rings is 1. The Kier molecular flexibility index (Phi) is 7.70. The summed E-state index contributed by atoms with van der Waals surface area (Å²) < 4.78 is 33.4. The SMILES string of the molecule is CC1CCCN(S(=O)(=O)NCCCOCCBr)C1. The van der Waals surface area contributed by atoms with E-state index in [0.717, 1.165) is 18.2 Å². The highest BCUT2D eigenvalue weighted by molar-refractivity contribution is 9.09. The van der Waals surface area contributed by atoms with Crippen LogP contribution < -0.4 is 4.72 Å². The summed E-state index contributed by atoms with van der Waals surface area (Å²) in [5.41, 5.74) is 0. The Labute approximate surface area is 119 Å². The number of hydrogen-bond acceptors (Lipinski definition) is 3. The number of hydrogen-bond donors (Lipinski definition) is 1. The van der Waals surface area contributed by atoms with Crippen molar-refractivity contribution in [3.63, 3.8) is 0 Å². The molecule has 1 aliphatic rings. The van der Waals surface area contributed by atoms with Crippen molar-refractivity contribution in [2.45, 2.75) is 26.2 Å². The number of nitrogens with one attached hydrogen (secondary N) is 1. The van der Waals surface area contributed by atoms with Crippen LogP contribution in [0.4, 0.5) is 0 Å². The van der Waals surface area contributed by atoms with Gasteiger partial charge < -0.3 is 4.74 Å². The van der Waals surface area contributed by atoms with Gasteiger partial charge in [-0.1, -0.05) is 22.9 Å². The van der Waals surface area contributed by atoms with Crippen molar-refractivity contribution in [3.8, 4) is 0 Å². The van der Waals surface area contributed by atoms with Gasteiger partial charge in [-0.15, -0.1) is 0 Å². The fourth-order valence-corrected chi connectivity index (χ4v) is 3.62. The first-order valence-electron chi connectivity index (χ1n) is 6.44. The number of rotatable bonds is 8. The van der Waals surface area contributed by atoms with Gasteiger partial charge in [-0.25, -0.2) is 4.72 Å². The molecule has 7 heteroatoms. The van der Waals surface area contributed by atoms with E-state index in [0.29, 0.717) is 45.2 Å². The zero-order valence-electron chi connectivity index (χ0n) is 10.9. The van der Waals surface area contributed by atoms with E-state index in [2.05, 4.69) is 27.6 Å². The molecule has 0 amide bonds. The zero-order valence-corrected chi connectivity index (χ0v) is 13.3. The molecule has 0 aliphatic carbocycles. The smallest absolute Gasteiger partial charge is 0.279 e. The van der Waals surface area contributed by atoms with Crippen LogP contribution in [0.3, 0.4) is 0 Å². The number of nitrogens with zero attached hydrogens (tertiary/aromatic N) is 1. The van der Waals surface area contributed by atoms with E-state index >= 15 is 0 Å². The van der Waals surface area contributed by atoms with Crippen molar-refractivity contribution in [2.75, 3.05) is 38.2 Å². The molecule has 5 nitrogen and oxygen atoms in total. The van der Waals surface area contributed by atoms with Crippen LogP contribution in [0.25, 0.3) is 0 Å². The van der Waals surface area contributed by atoms with E-state index in [9.17, 15) is 8.42 Å². The molecular weight excluding hydrogens is 320 g/mol. The molecule has 1 heterocycles. The minimum atomic E-state index is -3.29. The van der Waals surface area contributed by atoms with E-state index in [1.807, 2.05) is 0 Å². The summed E-state index contributed by atoms with van der Waals surface area (Å²) in [6, 6.07) is 0. The molecule has 0 aromatic carbocycles. The Bertz CT molecular complexity index is 324. The van der Waals surface area contributed by atoms with E-state index in [1.165, 1.54) is 0 Å². The highest BCUT2D eigenvalue weighted by Crippen LogP contribution is 2.17. The lowest BCUT2D eigenvalue weighted by Gasteiger charge is -2.29. The average molecular weight is 343 g/mol. The fourth-order valence-electron chi connectivity index (χ4n) is 1.99. The van der Waals surface area contributed by atoms with Gasteiger partial charge in [0.25, 0.3) is 10.2 Å². The van der Waals surface area contributed by atoms with E-state index in [1.54, 1.807) is 4.31 Å². The first-order chi connectivity index (χ1) is 8.56. The van der Waals surface area contributed by atoms with E-state index in [4.69, 9.17) is 4.74 Å². The molecule has 1 saturated heterocycles. The van der Waals surface area contributed by atoms with Crippen molar-refractivity contribution in [3.05, 3.63) is 0 Å². The van der Waals surface area contributed by atoms with Crippen LogP contribution in [0.5, 0.6) is 0 Å². The quantitative estimate of drug-likeness (QED) is 0.535. The van der Waals surface area contributed by atoms with Crippen LogP contribution in [-0.4, -0.2) is 50.9 Å². The van der Waals surface area contributed by atoms with E-state index < -0.39 is 10.2 Å². The Morgan fingerprint density at radius 3 is 2.89 bits per heavy atom. The predicted octanol–water partition coefficient (Wildman–Crippen LogP) is 1.35. The Morgan fingerprint density at radius 1 is 1.44 bits per heavy atom. The molecule has 1 aliphatic heterocycles. The molecule has 0 radical (unpaired) electrons. The van der Waals surface area contributed by atoms with Crippen LogP contribution in [0.1, 0.15) is 26.2 Å². The predicted molar refractivity (Wildman–Crippen MR) is 76.1 cm³/mol. The summed E-state index contributed by atoms with van der Waals surface area (Å²) >= 11 is 3.26. The highest BCUT2D eigenvalue weighted by atomic mass is 79.9. The molecule has 0 aromatic heterocycles. The van der Waals surface area contributed by atoms with Gasteiger partial charge >= 0.3 is 0 Å². The molecular formula is C11H23BrN2O3S. The number of halogens is 1. The maximum atomic E-state index is 12.0. The van der Waals surface area contributed by atoms with Gasteiger partial charge in [0.15, 0.2) is 0 Å². The summed E-state index contributed by atoms with van der Waals surface area (Å²) in [5, 5.41) is 0.810. The Morgan fingerprint density at radius 2 is 2.22 bits per heavy atom. The first kappa shape index (κ1) is 16.4. The summed E-state index contributed by atoms with van der Waals surface area (Å²) in [6.07, 6.45) is 2.78. The molecule has 1 rings (SSSR count). The highest BCUT2D eigenvalue weighted by Gasteiger charge is 2.26. The maximum Gasteiger partial charge on any atom is 0.279 e. The van der Waals surface area contributed by atoms with Gasteiger partial charge in [0, 0.05) is 31.6 Å². The normalized spacial score (nSPS) is 22.2. The maximum absolute atomic E-state index is 12.0. The van der Waals surface area contributed by atoms with Crippen LogP contribution in [0.15, 0.2) is 0 Å².